The Balaban J connectivity index is 2.88. The summed E-state index contributed by atoms with van der Waals surface area (Å²) in [6.07, 6.45) is 0. The average Bonchev–Trinajstić information content (AvgIpc) is 2.41. The highest BCUT2D eigenvalue weighted by Crippen LogP contribution is 2.23. The summed E-state index contributed by atoms with van der Waals surface area (Å²) in [6.45, 7) is 4.05. The number of imidazole rings is 1. The summed E-state index contributed by atoms with van der Waals surface area (Å²) in [6, 6.07) is 3.54. The van der Waals surface area contributed by atoms with Crippen LogP contribution in [0.4, 0.5) is 4.39 Å². The molecule has 2 rings (SSSR count). The molecule has 0 amide bonds. The third kappa shape index (κ3) is 1.82. The van der Waals surface area contributed by atoms with Crippen molar-refractivity contribution in [1.29, 1.82) is 0 Å². The van der Waals surface area contributed by atoms with Crippen molar-refractivity contribution in [2.75, 3.05) is 0 Å². The van der Waals surface area contributed by atoms with Gasteiger partial charge in [0.1, 0.15) is 5.82 Å². The van der Waals surface area contributed by atoms with E-state index in [0.29, 0.717) is 8.34 Å². The summed E-state index contributed by atoms with van der Waals surface area (Å²) in [5.41, 5.74) is 1.72. The highest BCUT2D eigenvalue weighted by Gasteiger charge is 2.10. The maximum atomic E-state index is 13.4. The van der Waals surface area contributed by atoms with Gasteiger partial charge in [-0.2, -0.15) is 0 Å². The van der Waals surface area contributed by atoms with E-state index in [1.54, 1.807) is 6.07 Å². The number of hydrogen-bond donors (Lipinski definition) is 1. The number of nitrogens with one attached hydrogen (secondary N) is 1. The summed E-state index contributed by atoms with van der Waals surface area (Å²) in [7, 11) is 0. The Morgan fingerprint density at radius 3 is 2.73 bits per heavy atom. The predicted molar refractivity (Wildman–Crippen MR) is 70.2 cm³/mol. The summed E-state index contributed by atoms with van der Waals surface area (Å²) in [5, 5.41) is 0. The first-order chi connectivity index (χ1) is 7.00. The lowest BCUT2D eigenvalue weighted by Gasteiger charge is -2.08. The Labute approximate surface area is 106 Å². The molecular weight excluding hydrogens is 326 g/mol. The van der Waals surface area contributed by atoms with Crippen LogP contribution >= 0.6 is 34.8 Å². The van der Waals surface area contributed by atoms with E-state index in [2.05, 4.69) is 4.98 Å². The fraction of sp³-hybridized carbons (Fsp3) is 0.300. The first-order valence-corrected chi connectivity index (χ1v) is 6.08. The van der Waals surface area contributed by atoms with Gasteiger partial charge < -0.3 is 9.55 Å². The van der Waals surface area contributed by atoms with Crippen LogP contribution in [0.25, 0.3) is 11.0 Å². The molecule has 0 saturated carbocycles. The van der Waals surface area contributed by atoms with Crippen molar-refractivity contribution in [3.05, 3.63) is 26.3 Å². The summed E-state index contributed by atoms with van der Waals surface area (Å²) in [5.74, 6) is -0.202. The van der Waals surface area contributed by atoms with Crippen LogP contribution in [0.2, 0.25) is 0 Å². The van der Waals surface area contributed by atoms with Crippen molar-refractivity contribution in [3.63, 3.8) is 0 Å². The van der Waals surface area contributed by atoms with Gasteiger partial charge in [-0.1, -0.05) is 0 Å². The van der Waals surface area contributed by atoms with Crippen LogP contribution < -0.4 is 0 Å². The van der Waals surface area contributed by atoms with Crippen molar-refractivity contribution in [3.8, 4) is 0 Å². The predicted octanol–water partition coefficient (Wildman–Crippen LogP) is 4.02. The van der Waals surface area contributed by atoms with Gasteiger partial charge in [-0.15, -0.1) is 0 Å². The van der Waals surface area contributed by atoms with Crippen molar-refractivity contribution in [2.45, 2.75) is 19.9 Å². The quantitative estimate of drug-likeness (QED) is 0.616. The maximum absolute atomic E-state index is 13.4. The zero-order valence-electron chi connectivity index (χ0n) is 8.34. The fourth-order valence-electron chi connectivity index (χ4n) is 1.63. The van der Waals surface area contributed by atoms with Crippen LogP contribution in [-0.4, -0.2) is 9.55 Å². The molecule has 0 bridgehead atoms. The lowest BCUT2D eigenvalue weighted by atomic mass is 10.3. The van der Waals surface area contributed by atoms with E-state index in [1.165, 1.54) is 6.07 Å². The molecule has 0 unspecified atom stereocenters. The molecule has 0 aliphatic carbocycles. The molecule has 0 aliphatic rings. The summed E-state index contributed by atoms with van der Waals surface area (Å²) >= 11 is 7.17. The smallest absolute Gasteiger partial charge is 0.178 e. The number of nitrogens with zero attached hydrogens (tertiary/aromatic N) is 1. The molecule has 1 aromatic carbocycles. The van der Waals surface area contributed by atoms with E-state index >= 15 is 0 Å². The second-order valence-corrected chi connectivity index (χ2v) is 5.23. The molecule has 0 atom stereocenters. The third-order valence-electron chi connectivity index (χ3n) is 2.27. The van der Waals surface area contributed by atoms with E-state index < -0.39 is 0 Å². The van der Waals surface area contributed by atoms with Crippen molar-refractivity contribution in [2.24, 2.45) is 0 Å². The van der Waals surface area contributed by atoms with Crippen LogP contribution in [-0.2, 0) is 0 Å². The molecule has 0 radical (unpaired) electrons. The monoisotopic (exact) mass is 336 g/mol. The molecule has 0 spiro atoms. The zero-order chi connectivity index (χ0) is 11.2. The second kappa shape index (κ2) is 3.86. The molecular formula is C10H10FIN2S. The van der Waals surface area contributed by atoms with Crippen LogP contribution in [0, 0.1) is 14.2 Å². The Kier molecular flexibility index (Phi) is 2.85. The molecule has 0 fully saturated rings. The molecule has 5 heteroatoms. The van der Waals surface area contributed by atoms with E-state index in [-0.39, 0.29) is 11.9 Å². The van der Waals surface area contributed by atoms with Gasteiger partial charge in [0.15, 0.2) is 4.77 Å². The second-order valence-electron chi connectivity index (χ2n) is 3.68. The number of aromatic amines is 1. The minimum absolute atomic E-state index is 0.202. The first kappa shape index (κ1) is 11.1. The third-order valence-corrected chi connectivity index (χ3v) is 3.40. The highest BCUT2D eigenvalue weighted by molar-refractivity contribution is 14.1. The SMILES string of the molecule is CC(C)n1c(=S)[nH]c2cc(I)c(F)cc21. The van der Waals surface area contributed by atoms with E-state index in [0.717, 1.165) is 11.0 Å². The van der Waals surface area contributed by atoms with Gasteiger partial charge in [-0.3, -0.25) is 0 Å². The van der Waals surface area contributed by atoms with Gasteiger partial charge >= 0.3 is 0 Å². The molecule has 80 valence electrons. The molecule has 0 saturated heterocycles. The van der Waals surface area contributed by atoms with E-state index in [4.69, 9.17) is 12.2 Å². The average molecular weight is 336 g/mol. The molecule has 0 aliphatic heterocycles. The Morgan fingerprint density at radius 2 is 2.13 bits per heavy atom. The number of rotatable bonds is 1. The number of H-pyrrole nitrogens is 1. The van der Waals surface area contributed by atoms with Gasteiger partial charge in [0.05, 0.1) is 14.6 Å². The maximum Gasteiger partial charge on any atom is 0.178 e. The summed E-state index contributed by atoms with van der Waals surface area (Å²) < 4.78 is 16.6. The molecule has 1 aromatic heterocycles. The van der Waals surface area contributed by atoms with Crippen LogP contribution in [0.1, 0.15) is 19.9 Å². The zero-order valence-corrected chi connectivity index (χ0v) is 11.3. The standard InChI is InChI=1S/C10H10FIN2S/c1-5(2)14-9-3-6(11)7(12)4-8(9)13-10(14)15/h3-5H,1-2H3,(H,13,15). The minimum atomic E-state index is -0.202. The van der Waals surface area contributed by atoms with Crippen molar-refractivity contribution >= 4 is 45.8 Å². The van der Waals surface area contributed by atoms with Crippen molar-refractivity contribution in [1.82, 2.24) is 9.55 Å². The number of halogens is 2. The van der Waals surface area contributed by atoms with E-state index in [1.807, 2.05) is 41.0 Å². The number of benzene rings is 1. The molecule has 1 heterocycles. The lowest BCUT2D eigenvalue weighted by molar-refractivity contribution is 0.601. The largest absolute Gasteiger partial charge is 0.331 e. The van der Waals surface area contributed by atoms with Gasteiger partial charge in [-0.25, -0.2) is 4.39 Å². The Hall–Kier alpha value is -0.430. The molecule has 1 N–H and O–H groups in total. The fourth-order valence-corrected chi connectivity index (χ4v) is 2.52. The van der Waals surface area contributed by atoms with Gasteiger partial charge in [0.2, 0.25) is 0 Å². The van der Waals surface area contributed by atoms with Crippen LogP contribution in [0.3, 0.4) is 0 Å². The topological polar surface area (TPSA) is 20.7 Å². The number of fused-ring (bicyclic) bond motifs is 1. The van der Waals surface area contributed by atoms with Gasteiger partial charge in [0, 0.05) is 12.1 Å². The first-order valence-electron chi connectivity index (χ1n) is 4.60. The molecule has 2 nitrogen and oxygen atoms in total. The highest BCUT2D eigenvalue weighted by atomic mass is 127. The normalized spacial score (nSPS) is 11.5. The Bertz CT molecular complexity index is 571. The Morgan fingerprint density at radius 1 is 1.47 bits per heavy atom. The van der Waals surface area contributed by atoms with Gasteiger partial charge in [-0.05, 0) is 54.7 Å². The lowest BCUT2D eigenvalue weighted by Crippen LogP contribution is -2.00. The van der Waals surface area contributed by atoms with Crippen LogP contribution in [0.5, 0.6) is 0 Å². The summed E-state index contributed by atoms with van der Waals surface area (Å²) in [4.78, 5) is 3.08. The van der Waals surface area contributed by atoms with Crippen molar-refractivity contribution < 1.29 is 4.39 Å². The number of hydrogen-bond acceptors (Lipinski definition) is 1. The molecule has 2 aromatic rings. The minimum Gasteiger partial charge on any atom is -0.331 e. The molecule has 15 heavy (non-hydrogen) atoms. The van der Waals surface area contributed by atoms with Gasteiger partial charge in [0.25, 0.3) is 0 Å². The van der Waals surface area contributed by atoms with Crippen LogP contribution in [0.15, 0.2) is 12.1 Å². The van der Waals surface area contributed by atoms with E-state index in [9.17, 15) is 4.39 Å². The number of aromatic nitrogens is 2.